The van der Waals surface area contributed by atoms with Crippen molar-refractivity contribution in [3.8, 4) is 5.75 Å². The maximum absolute atomic E-state index is 12.2. The zero-order valence-corrected chi connectivity index (χ0v) is 14.9. The second-order valence-corrected chi connectivity index (χ2v) is 6.09. The van der Waals surface area contributed by atoms with Crippen molar-refractivity contribution in [2.24, 2.45) is 0 Å². The van der Waals surface area contributed by atoms with Crippen molar-refractivity contribution < 1.29 is 14.3 Å². The number of nitrogens with zero attached hydrogens (tertiary/aromatic N) is 1. The largest absolute Gasteiger partial charge is 0.491 e. The predicted molar refractivity (Wildman–Crippen MR) is 99.3 cm³/mol. The highest BCUT2D eigenvalue weighted by Crippen LogP contribution is 2.23. The minimum atomic E-state index is -0.284. The Bertz CT molecular complexity index is 895. The molecule has 130 valence electrons. The summed E-state index contributed by atoms with van der Waals surface area (Å²) in [6, 6.07) is 14.0. The lowest BCUT2D eigenvalue weighted by molar-refractivity contribution is 0.0528. The van der Waals surface area contributed by atoms with Crippen molar-refractivity contribution >= 4 is 16.9 Å². The lowest BCUT2D eigenvalue weighted by atomic mass is 10.1. The van der Waals surface area contributed by atoms with E-state index >= 15 is 0 Å². The number of aryl methyl sites for hydroxylation is 2. The first kappa shape index (κ1) is 17.1. The van der Waals surface area contributed by atoms with Gasteiger partial charge in [-0.15, -0.1) is 0 Å². The molecular weight excluding hydrogens is 314 g/mol. The van der Waals surface area contributed by atoms with Crippen LogP contribution in [0.4, 0.5) is 0 Å². The Morgan fingerprint density at radius 2 is 1.92 bits per heavy atom. The summed E-state index contributed by atoms with van der Waals surface area (Å²) in [4.78, 5) is 12.2. The molecule has 0 spiro atoms. The van der Waals surface area contributed by atoms with Gasteiger partial charge in [0, 0.05) is 17.1 Å². The van der Waals surface area contributed by atoms with E-state index in [1.807, 2.05) is 61.0 Å². The van der Waals surface area contributed by atoms with Gasteiger partial charge < -0.3 is 14.0 Å². The maximum Gasteiger partial charge on any atom is 0.340 e. The van der Waals surface area contributed by atoms with Gasteiger partial charge in [0.2, 0.25) is 0 Å². The van der Waals surface area contributed by atoms with Crippen LogP contribution in [0.1, 0.15) is 28.4 Å². The zero-order valence-electron chi connectivity index (χ0n) is 14.9. The number of hydrogen-bond donors (Lipinski definition) is 0. The first-order chi connectivity index (χ1) is 12.1. The monoisotopic (exact) mass is 337 g/mol. The smallest absolute Gasteiger partial charge is 0.340 e. The van der Waals surface area contributed by atoms with Gasteiger partial charge in [-0.05, 0) is 38.5 Å². The summed E-state index contributed by atoms with van der Waals surface area (Å²) in [5.74, 6) is 0.612. The van der Waals surface area contributed by atoms with E-state index in [0.717, 1.165) is 22.2 Å². The first-order valence-corrected chi connectivity index (χ1v) is 8.55. The van der Waals surface area contributed by atoms with E-state index in [-0.39, 0.29) is 5.97 Å². The molecule has 0 bridgehead atoms. The van der Waals surface area contributed by atoms with Crippen LogP contribution in [0, 0.1) is 13.8 Å². The minimum Gasteiger partial charge on any atom is -0.491 e. The van der Waals surface area contributed by atoms with Crippen molar-refractivity contribution in [3.05, 3.63) is 65.4 Å². The fourth-order valence-corrected chi connectivity index (χ4v) is 3.02. The van der Waals surface area contributed by atoms with E-state index in [9.17, 15) is 4.79 Å². The number of carbonyl (C=O) groups is 1. The highest BCUT2D eigenvalue weighted by Gasteiger charge is 2.15. The predicted octanol–water partition coefficient (Wildman–Crippen LogP) is 4.51. The number of ether oxygens (including phenoxy) is 2. The average molecular weight is 337 g/mol. The van der Waals surface area contributed by atoms with E-state index in [2.05, 4.69) is 13.0 Å². The van der Waals surface area contributed by atoms with Gasteiger partial charge in [0.25, 0.3) is 0 Å². The van der Waals surface area contributed by atoms with Crippen LogP contribution in [-0.4, -0.2) is 23.8 Å². The minimum absolute atomic E-state index is 0.284. The van der Waals surface area contributed by atoms with Crippen LogP contribution < -0.4 is 4.74 Å². The number of carbonyl (C=O) groups excluding carboxylic acids is 1. The Balaban J connectivity index is 1.78. The van der Waals surface area contributed by atoms with E-state index in [1.54, 1.807) is 0 Å². The van der Waals surface area contributed by atoms with E-state index < -0.39 is 0 Å². The fraction of sp³-hybridized carbons (Fsp3) is 0.286. The summed E-state index contributed by atoms with van der Waals surface area (Å²) in [6.07, 6.45) is 1.86. The van der Waals surface area contributed by atoms with Crippen LogP contribution in [0.5, 0.6) is 5.75 Å². The van der Waals surface area contributed by atoms with E-state index in [1.165, 1.54) is 5.56 Å². The molecule has 0 saturated carbocycles. The Hall–Kier alpha value is -2.75. The number of aromatic nitrogens is 1. The Labute approximate surface area is 148 Å². The van der Waals surface area contributed by atoms with Gasteiger partial charge in [0.1, 0.15) is 12.4 Å². The van der Waals surface area contributed by atoms with Crippen LogP contribution in [-0.2, 0) is 11.3 Å². The summed E-state index contributed by atoms with van der Waals surface area (Å²) in [5, 5.41) is 0.910. The molecule has 0 unspecified atom stereocenters. The molecule has 0 fully saturated rings. The molecular formula is C21H23NO3. The third-order valence-corrected chi connectivity index (χ3v) is 4.20. The molecule has 0 aliphatic heterocycles. The molecule has 0 N–H and O–H groups in total. The van der Waals surface area contributed by atoms with Crippen LogP contribution in [0.2, 0.25) is 0 Å². The molecule has 0 amide bonds. The quantitative estimate of drug-likeness (QED) is 0.621. The van der Waals surface area contributed by atoms with Gasteiger partial charge in [-0.3, -0.25) is 0 Å². The molecule has 1 aromatic heterocycles. The Morgan fingerprint density at radius 1 is 1.12 bits per heavy atom. The molecule has 4 heteroatoms. The number of rotatable bonds is 6. The van der Waals surface area contributed by atoms with Gasteiger partial charge >= 0.3 is 5.97 Å². The van der Waals surface area contributed by atoms with Gasteiger partial charge in [-0.25, -0.2) is 4.79 Å². The number of para-hydroxylation sites is 1. The van der Waals surface area contributed by atoms with Crippen LogP contribution >= 0.6 is 0 Å². The molecule has 0 aliphatic carbocycles. The van der Waals surface area contributed by atoms with Crippen molar-refractivity contribution in [2.75, 3.05) is 13.2 Å². The van der Waals surface area contributed by atoms with Crippen LogP contribution in [0.3, 0.4) is 0 Å². The number of esters is 1. The van der Waals surface area contributed by atoms with Gasteiger partial charge in [-0.1, -0.05) is 35.9 Å². The lowest BCUT2D eigenvalue weighted by Crippen LogP contribution is -2.08. The number of hydrogen-bond acceptors (Lipinski definition) is 3. The molecule has 2 aromatic carbocycles. The molecule has 0 aliphatic rings. The topological polar surface area (TPSA) is 40.5 Å². The Kier molecular flexibility index (Phi) is 5.08. The van der Waals surface area contributed by atoms with Gasteiger partial charge in [0.15, 0.2) is 0 Å². The third-order valence-electron chi connectivity index (χ3n) is 4.20. The van der Waals surface area contributed by atoms with E-state index in [4.69, 9.17) is 9.47 Å². The van der Waals surface area contributed by atoms with Gasteiger partial charge in [0.05, 0.1) is 18.7 Å². The standard InChI is InChI=1S/C21H23NO3/c1-4-24-21(23)18-14-22(19-8-6-5-7-17(18)19)11-12-25-20-10-9-15(2)13-16(20)3/h5-10,13-14H,4,11-12H2,1-3H3. The number of benzene rings is 2. The molecule has 1 heterocycles. The van der Waals surface area contributed by atoms with Crippen molar-refractivity contribution in [1.29, 1.82) is 0 Å². The summed E-state index contributed by atoms with van der Waals surface area (Å²) in [6.45, 7) is 7.49. The molecule has 3 aromatic rings. The number of fused-ring (bicyclic) bond motifs is 1. The molecule has 0 saturated heterocycles. The molecule has 0 atom stereocenters. The maximum atomic E-state index is 12.2. The zero-order chi connectivity index (χ0) is 17.8. The summed E-state index contributed by atoms with van der Waals surface area (Å²) in [5.41, 5.74) is 3.96. The average Bonchev–Trinajstić information content (AvgIpc) is 2.96. The van der Waals surface area contributed by atoms with Gasteiger partial charge in [-0.2, -0.15) is 0 Å². The molecule has 0 radical (unpaired) electrons. The summed E-state index contributed by atoms with van der Waals surface area (Å²) >= 11 is 0. The highest BCUT2D eigenvalue weighted by atomic mass is 16.5. The first-order valence-electron chi connectivity index (χ1n) is 8.55. The molecule has 3 rings (SSSR count). The third kappa shape index (κ3) is 3.68. The van der Waals surface area contributed by atoms with Crippen molar-refractivity contribution in [1.82, 2.24) is 4.57 Å². The SMILES string of the molecule is CCOC(=O)c1cn(CCOc2ccc(C)cc2C)c2ccccc12. The van der Waals surface area contributed by atoms with Crippen LogP contribution in [0.25, 0.3) is 10.9 Å². The second kappa shape index (κ2) is 7.43. The van der Waals surface area contributed by atoms with E-state index in [0.29, 0.717) is 25.3 Å². The lowest BCUT2D eigenvalue weighted by Gasteiger charge is -2.11. The molecule has 4 nitrogen and oxygen atoms in total. The summed E-state index contributed by atoms with van der Waals surface area (Å²) in [7, 11) is 0. The Morgan fingerprint density at radius 3 is 2.68 bits per heavy atom. The van der Waals surface area contributed by atoms with Crippen molar-refractivity contribution in [2.45, 2.75) is 27.3 Å². The van der Waals surface area contributed by atoms with Crippen LogP contribution in [0.15, 0.2) is 48.7 Å². The normalized spacial score (nSPS) is 10.8. The van der Waals surface area contributed by atoms with Crippen molar-refractivity contribution in [3.63, 3.8) is 0 Å². The second-order valence-electron chi connectivity index (χ2n) is 6.09. The molecule has 25 heavy (non-hydrogen) atoms. The summed E-state index contributed by atoms with van der Waals surface area (Å²) < 4.78 is 13.1. The fourth-order valence-electron chi connectivity index (χ4n) is 3.02. The highest BCUT2D eigenvalue weighted by molar-refractivity contribution is 6.04.